The van der Waals surface area contributed by atoms with Crippen LogP contribution in [0.3, 0.4) is 0 Å². The minimum atomic E-state index is -3.61. The summed E-state index contributed by atoms with van der Waals surface area (Å²) in [5.41, 5.74) is -0.269. The Balaban J connectivity index is 2.23. The summed E-state index contributed by atoms with van der Waals surface area (Å²) in [6.07, 6.45) is 0. The molecular weight excluding hydrogens is 375 g/mol. The Morgan fingerprint density at radius 2 is 1.14 bits per heavy atom. The molecule has 0 aliphatic carbocycles. The third-order valence-electron chi connectivity index (χ3n) is 4.44. The zero-order valence-corrected chi connectivity index (χ0v) is 16.8. The molecular formula is C22H21O5P. The van der Waals surface area contributed by atoms with Gasteiger partial charge in [-0.3, -0.25) is 4.79 Å². The minimum absolute atomic E-state index is 0.227. The average molecular weight is 396 g/mol. The van der Waals surface area contributed by atoms with E-state index < -0.39 is 12.7 Å². The van der Waals surface area contributed by atoms with E-state index in [1.165, 1.54) is 33.5 Å². The van der Waals surface area contributed by atoms with Gasteiger partial charge in [0.2, 0.25) is 18.4 Å². The normalized spacial score (nSPS) is 11.0. The van der Waals surface area contributed by atoms with Crippen molar-refractivity contribution in [3.05, 3.63) is 78.4 Å². The Hall–Kier alpha value is -3.04. The minimum Gasteiger partial charge on any atom is -0.493 e. The molecule has 0 unspecified atom stereocenters. The second kappa shape index (κ2) is 8.32. The molecule has 0 radical (unpaired) electrons. The number of carbonyl (C=O) groups excluding carboxylic acids is 1. The van der Waals surface area contributed by atoms with Crippen molar-refractivity contribution in [2.75, 3.05) is 21.3 Å². The highest BCUT2D eigenvalue weighted by Crippen LogP contribution is 2.49. The molecule has 0 spiro atoms. The van der Waals surface area contributed by atoms with Gasteiger partial charge in [0.25, 0.3) is 0 Å². The van der Waals surface area contributed by atoms with Gasteiger partial charge in [-0.1, -0.05) is 60.7 Å². The van der Waals surface area contributed by atoms with E-state index in [4.69, 9.17) is 14.2 Å². The summed E-state index contributed by atoms with van der Waals surface area (Å²) < 4.78 is 30.2. The van der Waals surface area contributed by atoms with Gasteiger partial charge >= 0.3 is 0 Å². The number of hydrogen-bond donors (Lipinski definition) is 0. The molecule has 6 heteroatoms. The monoisotopic (exact) mass is 396 g/mol. The van der Waals surface area contributed by atoms with Crippen LogP contribution in [0.2, 0.25) is 0 Å². The highest BCUT2D eigenvalue weighted by molar-refractivity contribution is 7.93. The SMILES string of the molecule is COc1cc(C(=O)P(=O)(c2ccccc2)c2ccccc2)cc(OC)c1OC. The summed E-state index contributed by atoms with van der Waals surface area (Å²) >= 11 is 0. The van der Waals surface area contributed by atoms with Crippen molar-refractivity contribution in [2.45, 2.75) is 0 Å². The zero-order chi connectivity index (χ0) is 20.1. The van der Waals surface area contributed by atoms with Crippen LogP contribution < -0.4 is 24.8 Å². The fourth-order valence-electron chi connectivity index (χ4n) is 3.05. The first-order valence-corrected chi connectivity index (χ1v) is 10.3. The predicted molar refractivity (Wildman–Crippen MR) is 110 cm³/mol. The van der Waals surface area contributed by atoms with Crippen LogP contribution in [0.4, 0.5) is 0 Å². The highest BCUT2D eigenvalue weighted by Gasteiger charge is 2.37. The Morgan fingerprint density at radius 3 is 1.50 bits per heavy atom. The molecule has 0 aliphatic heterocycles. The third-order valence-corrected chi connectivity index (χ3v) is 7.32. The second-order valence-corrected chi connectivity index (χ2v) is 8.66. The van der Waals surface area contributed by atoms with Crippen molar-refractivity contribution < 1.29 is 23.6 Å². The molecule has 0 heterocycles. The molecule has 5 nitrogen and oxygen atoms in total. The smallest absolute Gasteiger partial charge is 0.230 e. The Labute approximate surface area is 164 Å². The van der Waals surface area contributed by atoms with Crippen molar-refractivity contribution in [2.24, 2.45) is 0 Å². The maximum Gasteiger partial charge on any atom is 0.230 e. The standard InChI is InChI=1S/C22H21O5P/c1-25-19-14-16(15-20(26-2)21(19)27-3)22(23)28(24,17-10-6-4-7-11-17)18-12-8-5-9-13-18/h4-15H,1-3H3. The van der Waals surface area contributed by atoms with E-state index in [2.05, 4.69) is 0 Å². The molecule has 0 bridgehead atoms. The van der Waals surface area contributed by atoms with E-state index >= 15 is 0 Å². The van der Waals surface area contributed by atoms with Crippen molar-refractivity contribution in [3.63, 3.8) is 0 Å². The third kappa shape index (κ3) is 3.41. The zero-order valence-electron chi connectivity index (χ0n) is 15.9. The van der Waals surface area contributed by atoms with Gasteiger partial charge in [0.1, 0.15) is 0 Å². The maximum absolute atomic E-state index is 14.2. The second-order valence-electron chi connectivity index (χ2n) is 6.00. The first-order valence-electron chi connectivity index (χ1n) is 8.62. The van der Waals surface area contributed by atoms with E-state index in [-0.39, 0.29) is 5.56 Å². The first kappa shape index (κ1) is 19.7. The van der Waals surface area contributed by atoms with Crippen LogP contribution in [0.5, 0.6) is 17.2 Å². The summed E-state index contributed by atoms with van der Waals surface area (Å²) in [4.78, 5) is 13.6. The molecule has 0 N–H and O–H groups in total. The van der Waals surface area contributed by atoms with Gasteiger partial charge < -0.3 is 18.8 Å². The molecule has 0 saturated heterocycles. The number of rotatable bonds is 7. The molecule has 0 aliphatic rings. The van der Waals surface area contributed by atoms with Gasteiger partial charge in [0.15, 0.2) is 11.5 Å². The van der Waals surface area contributed by atoms with Gasteiger partial charge in [-0.2, -0.15) is 0 Å². The van der Waals surface area contributed by atoms with Crippen molar-refractivity contribution in [1.29, 1.82) is 0 Å². The lowest BCUT2D eigenvalue weighted by molar-refractivity contribution is 0.107. The number of ether oxygens (including phenoxy) is 3. The molecule has 3 rings (SSSR count). The van der Waals surface area contributed by atoms with Crippen molar-refractivity contribution in [3.8, 4) is 17.2 Å². The summed E-state index contributed by atoms with van der Waals surface area (Å²) in [5, 5.41) is 0.944. The molecule has 0 fully saturated rings. The first-order chi connectivity index (χ1) is 13.6. The summed E-state index contributed by atoms with van der Waals surface area (Å²) in [6, 6.07) is 20.6. The van der Waals surface area contributed by atoms with Gasteiger partial charge in [0, 0.05) is 16.2 Å². The quantitative estimate of drug-likeness (QED) is 0.568. The largest absolute Gasteiger partial charge is 0.493 e. The van der Waals surface area contributed by atoms with E-state index in [9.17, 15) is 9.36 Å². The molecule has 0 amide bonds. The number of hydrogen-bond acceptors (Lipinski definition) is 5. The highest BCUT2D eigenvalue weighted by atomic mass is 31.2. The van der Waals surface area contributed by atoms with Crippen LogP contribution >= 0.6 is 7.14 Å². The fourth-order valence-corrected chi connectivity index (χ4v) is 5.49. The summed E-state index contributed by atoms with van der Waals surface area (Å²) in [6.45, 7) is 0. The van der Waals surface area contributed by atoms with Crippen LogP contribution in [0.1, 0.15) is 10.4 Å². The molecule has 3 aromatic carbocycles. The lowest BCUT2D eigenvalue weighted by Crippen LogP contribution is -2.22. The number of benzene rings is 3. The molecule has 3 aromatic rings. The maximum atomic E-state index is 14.2. The van der Waals surface area contributed by atoms with Gasteiger partial charge in [-0.05, 0) is 12.1 Å². The van der Waals surface area contributed by atoms with E-state index in [0.717, 1.165) is 0 Å². The predicted octanol–water partition coefficient (Wildman–Crippen LogP) is 3.87. The van der Waals surface area contributed by atoms with E-state index in [1.54, 1.807) is 48.5 Å². The van der Waals surface area contributed by atoms with E-state index in [0.29, 0.717) is 27.9 Å². The van der Waals surface area contributed by atoms with Crippen molar-refractivity contribution >= 4 is 23.3 Å². The Morgan fingerprint density at radius 1 is 0.714 bits per heavy atom. The Kier molecular flexibility index (Phi) is 5.86. The number of methoxy groups -OCH3 is 3. The van der Waals surface area contributed by atoms with Crippen LogP contribution in [0.15, 0.2) is 72.8 Å². The molecule has 0 aromatic heterocycles. The lowest BCUT2D eigenvalue weighted by atomic mass is 10.2. The van der Waals surface area contributed by atoms with Gasteiger partial charge in [-0.15, -0.1) is 0 Å². The molecule has 28 heavy (non-hydrogen) atoms. The average Bonchev–Trinajstić information content (AvgIpc) is 2.78. The molecule has 0 atom stereocenters. The fraction of sp³-hybridized carbons (Fsp3) is 0.136. The Bertz CT molecular complexity index is 947. The lowest BCUT2D eigenvalue weighted by Gasteiger charge is -2.20. The van der Waals surface area contributed by atoms with Gasteiger partial charge in [0.05, 0.1) is 21.3 Å². The summed E-state index contributed by atoms with van der Waals surface area (Å²) in [7, 11) is 0.818. The van der Waals surface area contributed by atoms with Gasteiger partial charge in [-0.25, -0.2) is 0 Å². The van der Waals surface area contributed by atoms with Crippen LogP contribution in [-0.2, 0) is 4.57 Å². The molecule has 0 saturated carbocycles. The van der Waals surface area contributed by atoms with Crippen LogP contribution in [-0.4, -0.2) is 26.9 Å². The topological polar surface area (TPSA) is 61.8 Å². The van der Waals surface area contributed by atoms with Crippen LogP contribution in [0, 0.1) is 0 Å². The summed E-state index contributed by atoms with van der Waals surface area (Å²) in [5.74, 6) is 1.03. The van der Waals surface area contributed by atoms with E-state index in [1.807, 2.05) is 12.1 Å². The van der Waals surface area contributed by atoms with Crippen LogP contribution in [0.25, 0.3) is 0 Å². The number of carbonyl (C=O) groups is 1. The molecule has 144 valence electrons. The van der Waals surface area contributed by atoms with Crippen molar-refractivity contribution in [1.82, 2.24) is 0 Å².